The van der Waals surface area contributed by atoms with E-state index in [0.717, 1.165) is 26.7 Å². The Morgan fingerprint density at radius 1 is 1.12 bits per heavy atom. The largest absolute Gasteiger partial charge is 0.497 e. The van der Waals surface area contributed by atoms with Crippen LogP contribution in [0.4, 0.5) is 5.69 Å². The second-order valence-electron chi connectivity index (χ2n) is 8.72. The van der Waals surface area contributed by atoms with E-state index in [0.29, 0.717) is 26.2 Å². The smallest absolute Gasteiger partial charge is 0.241 e. The summed E-state index contributed by atoms with van der Waals surface area (Å²) >= 11 is 1.45. The molecule has 0 unspecified atom stereocenters. The van der Waals surface area contributed by atoms with Crippen LogP contribution in [0.5, 0.6) is 5.75 Å². The molecule has 8 nitrogen and oxygen atoms in total. The van der Waals surface area contributed by atoms with Crippen LogP contribution in [0.25, 0.3) is 10.2 Å². The molecule has 1 aliphatic rings. The number of carbonyl (C=O) groups is 1. The van der Waals surface area contributed by atoms with Gasteiger partial charge in [0.15, 0.2) is 0 Å². The second-order valence-corrected chi connectivity index (χ2v) is 11.7. The van der Waals surface area contributed by atoms with Crippen molar-refractivity contribution >= 4 is 43.2 Å². The number of sulfonamides is 1. The van der Waals surface area contributed by atoms with E-state index in [1.54, 1.807) is 30.2 Å². The topological polar surface area (TPSA) is 91.8 Å². The zero-order chi connectivity index (χ0) is 24.5. The summed E-state index contributed by atoms with van der Waals surface area (Å²) < 4.78 is 35.1. The molecule has 3 aromatic rings. The number of rotatable bonds is 7. The van der Waals surface area contributed by atoms with Gasteiger partial charge in [-0.2, -0.15) is 4.72 Å². The van der Waals surface area contributed by atoms with Crippen LogP contribution in [0, 0.1) is 12.8 Å². The van der Waals surface area contributed by atoms with E-state index in [-0.39, 0.29) is 16.7 Å². The first-order valence-electron chi connectivity index (χ1n) is 11.3. The Hall–Kier alpha value is -2.69. The third-order valence-electron chi connectivity index (χ3n) is 6.00. The number of methoxy groups -OCH3 is 1. The number of hydrogen-bond acceptors (Lipinski definition) is 7. The Bertz CT molecular complexity index is 1280. The van der Waals surface area contributed by atoms with Crippen molar-refractivity contribution in [2.75, 3.05) is 38.2 Å². The molecular formula is C24H30N4O4S2. The summed E-state index contributed by atoms with van der Waals surface area (Å²) in [5.41, 5.74) is 1.81. The number of aromatic nitrogens is 1. The fourth-order valence-corrected chi connectivity index (χ4v) is 6.39. The first kappa shape index (κ1) is 24.4. The van der Waals surface area contributed by atoms with Gasteiger partial charge in [0.1, 0.15) is 11.8 Å². The summed E-state index contributed by atoms with van der Waals surface area (Å²) in [6.07, 6.45) is 0. The standard InChI is InChI=1S/C24H30N4O4S2/c1-16(2)23(26-34(30,31)20-8-9-21-22(15-20)33-17(3)25-21)24(29)28-12-10-27(11-13-28)18-6-5-7-19(14-18)32-4/h5-9,14-16,23,26H,10-13H2,1-4H3/t23-/m1/s1. The van der Waals surface area contributed by atoms with Crippen LogP contribution in [0.1, 0.15) is 18.9 Å². The van der Waals surface area contributed by atoms with Crippen LogP contribution < -0.4 is 14.4 Å². The van der Waals surface area contributed by atoms with E-state index in [9.17, 15) is 13.2 Å². The first-order chi connectivity index (χ1) is 16.2. The maximum atomic E-state index is 13.4. The molecule has 1 aliphatic heterocycles. The minimum absolute atomic E-state index is 0.143. The van der Waals surface area contributed by atoms with Crippen LogP contribution >= 0.6 is 11.3 Å². The highest BCUT2D eigenvalue weighted by molar-refractivity contribution is 7.89. The maximum Gasteiger partial charge on any atom is 0.241 e. The quantitative estimate of drug-likeness (QED) is 0.533. The van der Waals surface area contributed by atoms with Crippen molar-refractivity contribution in [1.29, 1.82) is 0 Å². The molecule has 0 aliphatic carbocycles. The molecule has 1 fully saturated rings. The Balaban J connectivity index is 1.46. The Kier molecular flexibility index (Phi) is 7.11. The number of fused-ring (bicyclic) bond motifs is 1. The SMILES string of the molecule is COc1cccc(N2CCN(C(=O)[C@H](NS(=O)(=O)c3ccc4nc(C)sc4c3)C(C)C)CC2)c1. The zero-order valence-corrected chi connectivity index (χ0v) is 21.4. The predicted octanol–water partition coefficient (Wildman–Crippen LogP) is 3.27. The lowest BCUT2D eigenvalue weighted by Gasteiger charge is -2.38. The summed E-state index contributed by atoms with van der Waals surface area (Å²) in [5, 5.41) is 0.876. The molecule has 1 aromatic heterocycles. The van der Waals surface area contributed by atoms with Gasteiger partial charge in [0.05, 0.1) is 27.2 Å². The molecule has 2 aromatic carbocycles. The molecule has 1 saturated heterocycles. The van der Waals surface area contributed by atoms with Gasteiger partial charge in [-0.05, 0) is 43.2 Å². The summed E-state index contributed by atoms with van der Waals surface area (Å²) in [6, 6.07) is 11.9. The molecule has 1 N–H and O–H groups in total. The van der Waals surface area contributed by atoms with Gasteiger partial charge in [-0.15, -0.1) is 11.3 Å². The van der Waals surface area contributed by atoms with Crippen molar-refractivity contribution in [3.8, 4) is 5.75 Å². The molecule has 10 heteroatoms. The molecule has 182 valence electrons. The van der Waals surface area contributed by atoms with Gasteiger partial charge in [-0.3, -0.25) is 4.79 Å². The summed E-state index contributed by atoms with van der Waals surface area (Å²) in [7, 11) is -2.24. The van der Waals surface area contributed by atoms with Gasteiger partial charge < -0.3 is 14.5 Å². The molecule has 1 amide bonds. The molecule has 4 rings (SSSR count). The number of hydrogen-bond donors (Lipinski definition) is 1. The number of thiazole rings is 1. The van der Waals surface area contributed by atoms with Crippen molar-refractivity contribution < 1.29 is 17.9 Å². The monoisotopic (exact) mass is 502 g/mol. The number of nitrogens with one attached hydrogen (secondary N) is 1. The van der Waals surface area contributed by atoms with E-state index >= 15 is 0 Å². The van der Waals surface area contributed by atoms with E-state index in [4.69, 9.17) is 4.74 Å². The second kappa shape index (κ2) is 9.89. The number of ether oxygens (including phenoxy) is 1. The average molecular weight is 503 g/mol. The van der Waals surface area contributed by atoms with E-state index < -0.39 is 16.1 Å². The van der Waals surface area contributed by atoms with Gasteiger partial charge in [-0.1, -0.05) is 19.9 Å². The van der Waals surface area contributed by atoms with Crippen molar-refractivity contribution in [3.05, 3.63) is 47.5 Å². The number of aryl methyl sites for hydroxylation is 1. The van der Waals surface area contributed by atoms with Crippen molar-refractivity contribution in [2.24, 2.45) is 5.92 Å². The fraction of sp³-hybridized carbons (Fsp3) is 0.417. The molecule has 1 atom stereocenters. The van der Waals surface area contributed by atoms with E-state index in [1.807, 2.05) is 45.0 Å². The number of nitrogens with zero attached hydrogens (tertiary/aromatic N) is 3. The summed E-state index contributed by atoms with van der Waals surface area (Å²) in [5.74, 6) is 0.392. The molecule has 0 bridgehead atoms. The molecule has 0 spiro atoms. The van der Waals surface area contributed by atoms with Crippen molar-refractivity contribution in [2.45, 2.75) is 31.7 Å². The first-order valence-corrected chi connectivity index (χ1v) is 13.6. The molecule has 2 heterocycles. The predicted molar refractivity (Wildman–Crippen MR) is 135 cm³/mol. The number of carbonyl (C=O) groups excluding carboxylic acids is 1. The number of benzene rings is 2. The van der Waals surface area contributed by atoms with Gasteiger partial charge in [0.25, 0.3) is 0 Å². The van der Waals surface area contributed by atoms with Gasteiger partial charge >= 0.3 is 0 Å². The number of anilines is 1. The van der Waals surface area contributed by atoms with E-state index in [2.05, 4.69) is 14.6 Å². The lowest BCUT2D eigenvalue weighted by molar-refractivity contribution is -0.134. The molecule has 34 heavy (non-hydrogen) atoms. The van der Waals surface area contributed by atoms with Crippen LogP contribution in [-0.2, 0) is 14.8 Å². The van der Waals surface area contributed by atoms with Crippen LogP contribution in [-0.4, -0.2) is 63.5 Å². The summed E-state index contributed by atoms with van der Waals surface area (Å²) in [4.78, 5) is 21.8. The van der Waals surface area contributed by atoms with Crippen LogP contribution in [0.15, 0.2) is 47.4 Å². The lowest BCUT2D eigenvalue weighted by Crippen LogP contribution is -2.56. The molecular weight excluding hydrogens is 472 g/mol. The fourth-order valence-electron chi connectivity index (χ4n) is 4.08. The maximum absolute atomic E-state index is 13.4. The molecule has 0 radical (unpaired) electrons. The van der Waals surface area contributed by atoms with E-state index in [1.165, 1.54) is 11.3 Å². The van der Waals surface area contributed by atoms with Crippen LogP contribution in [0.2, 0.25) is 0 Å². The molecule has 0 saturated carbocycles. The van der Waals surface area contributed by atoms with Crippen molar-refractivity contribution in [3.63, 3.8) is 0 Å². The van der Waals surface area contributed by atoms with Crippen molar-refractivity contribution in [1.82, 2.24) is 14.6 Å². The van der Waals surface area contributed by atoms with Gasteiger partial charge in [0, 0.05) is 37.9 Å². The highest BCUT2D eigenvalue weighted by Gasteiger charge is 2.33. The minimum Gasteiger partial charge on any atom is -0.497 e. The Morgan fingerprint density at radius 2 is 1.85 bits per heavy atom. The number of amides is 1. The Labute approximate surface area is 204 Å². The minimum atomic E-state index is -3.87. The number of piperazine rings is 1. The normalized spacial score (nSPS) is 15.7. The van der Waals surface area contributed by atoms with Gasteiger partial charge in [-0.25, -0.2) is 13.4 Å². The lowest BCUT2D eigenvalue weighted by atomic mass is 10.0. The summed E-state index contributed by atoms with van der Waals surface area (Å²) in [6.45, 7) is 7.97. The third kappa shape index (κ3) is 5.18. The highest BCUT2D eigenvalue weighted by Crippen LogP contribution is 2.26. The Morgan fingerprint density at radius 3 is 2.53 bits per heavy atom. The van der Waals surface area contributed by atoms with Crippen LogP contribution in [0.3, 0.4) is 0 Å². The van der Waals surface area contributed by atoms with Gasteiger partial charge in [0.2, 0.25) is 15.9 Å². The average Bonchev–Trinajstić information content (AvgIpc) is 3.21. The zero-order valence-electron chi connectivity index (χ0n) is 19.8. The third-order valence-corrected chi connectivity index (χ3v) is 8.37. The highest BCUT2D eigenvalue weighted by atomic mass is 32.2.